The Hall–Kier alpha value is -4.92. The molecule has 1 N–H and O–H groups in total. The van der Waals surface area contributed by atoms with E-state index in [4.69, 9.17) is 4.18 Å². The zero-order chi connectivity index (χ0) is 24.9. The molecule has 15 heteroatoms. The number of para-hydroxylation sites is 1. The summed E-state index contributed by atoms with van der Waals surface area (Å²) in [7, 11) is -4.44. The lowest BCUT2D eigenvalue weighted by Gasteiger charge is -2.09. The lowest BCUT2D eigenvalue weighted by atomic mass is 10.2. The molecule has 0 aromatic heterocycles. The van der Waals surface area contributed by atoms with Gasteiger partial charge in [-0.25, -0.2) is 0 Å². The number of hydrogen-bond acceptors (Lipinski definition) is 11. The van der Waals surface area contributed by atoms with Crippen LogP contribution in [-0.2, 0) is 10.1 Å². The highest BCUT2D eigenvalue weighted by Crippen LogP contribution is 2.29. The van der Waals surface area contributed by atoms with Gasteiger partial charge < -0.3 is 4.18 Å². The molecule has 0 aliphatic heterocycles. The minimum Gasteiger partial charge on any atom is -0.378 e. The van der Waals surface area contributed by atoms with Crippen LogP contribution in [0.15, 0.2) is 76.7 Å². The number of hydrazone groups is 1. The van der Waals surface area contributed by atoms with Crippen molar-refractivity contribution >= 4 is 39.1 Å². The number of nitrogens with zero attached hydrogens (tertiary/aromatic N) is 4. The van der Waals surface area contributed by atoms with Gasteiger partial charge in [0.2, 0.25) is 0 Å². The van der Waals surface area contributed by atoms with Gasteiger partial charge in [0, 0.05) is 23.8 Å². The first kappa shape index (κ1) is 23.7. The van der Waals surface area contributed by atoms with Crippen molar-refractivity contribution in [2.45, 2.75) is 4.90 Å². The second-order valence-electron chi connectivity index (χ2n) is 6.42. The van der Waals surface area contributed by atoms with Crippen LogP contribution in [0, 0.1) is 30.3 Å². The molecule has 0 fully saturated rings. The summed E-state index contributed by atoms with van der Waals surface area (Å²) in [6, 6.07) is 13.0. The summed E-state index contributed by atoms with van der Waals surface area (Å²) in [5.74, 6) is -0.169. The number of nitro groups is 3. The van der Waals surface area contributed by atoms with Gasteiger partial charge in [0.15, 0.2) is 5.75 Å². The number of nitrogens with one attached hydrogen (secondary N) is 1. The fourth-order valence-corrected chi connectivity index (χ4v) is 3.63. The molecular weight excluding hydrogens is 474 g/mol. The molecule has 0 spiro atoms. The third-order valence-corrected chi connectivity index (χ3v) is 5.44. The van der Waals surface area contributed by atoms with E-state index in [0.29, 0.717) is 0 Å². The SMILES string of the molecule is O=[N+]([O-])c1cccc(S(=O)(=O)Oc2ccccc2/C=N\Nc2ccc([N+](=O)[O-])cc2[N+](=O)[O-])c1. The van der Waals surface area contributed by atoms with Crippen molar-refractivity contribution in [3.8, 4) is 5.75 Å². The Morgan fingerprint density at radius 3 is 2.18 bits per heavy atom. The molecule has 0 bridgehead atoms. The van der Waals surface area contributed by atoms with E-state index in [9.17, 15) is 38.8 Å². The van der Waals surface area contributed by atoms with Crippen molar-refractivity contribution in [2.75, 3.05) is 5.43 Å². The maximum absolute atomic E-state index is 12.6. The topological polar surface area (TPSA) is 197 Å². The molecule has 3 aromatic rings. The first-order valence-electron chi connectivity index (χ1n) is 9.08. The average molecular weight is 487 g/mol. The fraction of sp³-hybridized carbons (Fsp3) is 0. The summed E-state index contributed by atoms with van der Waals surface area (Å²) in [5, 5.41) is 36.8. The summed E-state index contributed by atoms with van der Waals surface area (Å²) in [6.45, 7) is 0. The zero-order valence-electron chi connectivity index (χ0n) is 16.8. The standard InChI is InChI=1S/C19H13N5O9S/c25-22(26)14-5-3-6-16(10-14)34(31,32)33-19-7-2-1-4-13(19)12-20-21-17-9-8-15(23(27)28)11-18(17)24(29)30/h1-12,21H/b20-12-. The van der Waals surface area contributed by atoms with Crippen LogP contribution in [0.3, 0.4) is 0 Å². The van der Waals surface area contributed by atoms with Gasteiger partial charge >= 0.3 is 15.8 Å². The van der Waals surface area contributed by atoms with Gasteiger partial charge in [0.1, 0.15) is 10.6 Å². The van der Waals surface area contributed by atoms with Crippen LogP contribution < -0.4 is 9.61 Å². The smallest absolute Gasteiger partial charge is 0.339 e. The molecule has 0 aliphatic rings. The number of benzene rings is 3. The summed E-state index contributed by atoms with van der Waals surface area (Å²) >= 11 is 0. The van der Waals surface area contributed by atoms with Crippen LogP contribution >= 0.6 is 0 Å². The molecule has 0 unspecified atom stereocenters. The van der Waals surface area contributed by atoms with Crippen molar-refractivity contribution in [3.63, 3.8) is 0 Å². The van der Waals surface area contributed by atoms with E-state index in [-0.39, 0.29) is 17.0 Å². The molecule has 0 radical (unpaired) electrons. The van der Waals surface area contributed by atoms with Crippen LogP contribution in [0.5, 0.6) is 5.75 Å². The highest BCUT2D eigenvalue weighted by atomic mass is 32.2. The lowest BCUT2D eigenvalue weighted by Crippen LogP contribution is -2.11. The maximum atomic E-state index is 12.6. The Bertz CT molecular complexity index is 1420. The van der Waals surface area contributed by atoms with Crippen LogP contribution in [0.25, 0.3) is 0 Å². The summed E-state index contributed by atoms with van der Waals surface area (Å²) in [4.78, 5) is 30.2. The Morgan fingerprint density at radius 2 is 1.50 bits per heavy atom. The molecule has 0 amide bonds. The minimum atomic E-state index is -4.44. The highest BCUT2D eigenvalue weighted by molar-refractivity contribution is 7.87. The molecule has 174 valence electrons. The monoisotopic (exact) mass is 487 g/mol. The molecule has 0 saturated heterocycles. The Balaban J connectivity index is 1.85. The first-order chi connectivity index (χ1) is 16.1. The Kier molecular flexibility index (Phi) is 6.77. The van der Waals surface area contributed by atoms with Gasteiger partial charge in [-0.15, -0.1) is 0 Å². The number of hydrogen-bond donors (Lipinski definition) is 1. The summed E-state index contributed by atoms with van der Waals surface area (Å²) in [5.41, 5.74) is 0.869. The van der Waals surface area contributed by atoms with Crippen molar-refractivity contribution in [1.82, 2.24) is 0 Å². The second-order valence-corrected chi connectivity index (χ2v) is 7.96. The quantitative estimate of drug-likeness (QED) is 0.201. The van der Waals surface area contributed by atoms with E-state index >= 15 is 0 Å². The predicted octanol–water partition coefficient (Wildman–Crippen LogP) is 3.62. The van der Waals surface area contributed by atoms with Gasteiger partial charge in [0.05, 0.1) is 27.1 Å². The fourth-order valence-electron chi connectivity index (χ4n) is 2.63. The van der Waals surface area contributed by atoms with Crippen LogP contribution in [-0.4, -0.2) is 29.4 Å². The number of non-ortho nitro benzene ring substituents is 2. The van der Waals surface area contributed by atoms with Crippen molar-refractivity contribution in [1.29, 1.82) is 0 Å². The van der Waals surface area contributed by atoms with Gasteiger partial charge in [0.25, 0.3) is 11.4 Å². The molecule has 0 aliphatic carbocycles. The number of nitro benzene ring substituents is 3. The number of rotatable bonds is 9. The van der Waals surface area contributed by atoms with Gasteiger partial charge in [-0.05, 0) is 24.3 Å². The third-order valence-electron chi connectivity index (χ3n) is 4.21. The normalized spacial score (nSPS) is 11.2. The molecule has 3 aromatic carbocycles. The van der Waals surface area contributed by atoms with Crippen molar-refractivity contribution in [2.24, 2.45) is 5.10 Å². The molecule has 0 heterocycles. The van der Waals surface area contributed by atoms with E-state index in [1.165, 1.54) is 24.3 Å². The molecule has 0 saturated carbocycles. The van der Waals surface area contributed by atoms with Crippen LogP contribution in [0.1, 0.15) is 5.56 Å². The van der Waals surface area contributed by atoms with E-state index in [1.54, 1.807) is 6.07 Å². The largest absolute Gasteiger partial charge is 0.378 e. The Morgan fingerprint density at radius 1 is 0.824 bits per heavy atom. The zero-order valence-corrected chi connectivity index (χ0v) is 17.6. The lowest BCUT2D eigenvalue weighted by molar-refractivity contribution is -0.393. The van der Waals surface area contributed by atoms with E-state index in [1.807, 2.05) is 0 Å². The second kappa shape index (κ2) is 9.70. The van der Waals surface area contributed by atoms with E-state index in [2.05, 4.69) is 10.5 Å². The van der Waals surface area contributed by atoms with E-state index in [0.717, 1.165) is 42.6 Å². The van der Waals surface area contributed by atoms with Crippen molar-refractivity contribution < 1.29 is 27.4 Å². The van der Waals surface area contributed by atoms with Crippen LogP contribution in [0.4, 0.5) is 22.7 Å². The minimum absolute atomic E-state index is 0.144. The molecule has 3 rings (SSSR count). The summed E-state index contributed by atoms with van der Waals surface area (Å²) in [6.07, 6.45) is 1.11. The molecule has 34 heavy (non-hydrogen) atoms. The van der Waals surface area contributed by atoms with Gasteiger partial charge in [-0.1, -0.05) is 18.2 Å². The van der Waals surface area contributed by atoms with Gasteiger partial charge in [-0.2, -0.15) is 13.5 Å². The highest BCUT2D eigenvalue weighted by Gasteiger charge is 2.21. The maximum Gasteiger partial charge on any atom is 0.339 e. The molecule has 0 atom stereocenters. The molecule has 14 nitrogen and oxygen atoms in total. The van der Waals surface area contributed by atoms with E-state index < -0.39 is 46.8 Å². The van der Waals surface area contributed by atoms with Crippen molar-refractivity contribution in [3.05, 3.63) is 103 Å². The third kappa shape index (κ3) is 5.46. The number of anilines is 1. The summed E-state index contributed by atoms with van der Waals surface area (Å²) < 4.78 is 30.3. The van der Waals surface area contributed by atoms with Gasteiger partial charge in [-0.3, -0.25) is 35.8 Å². The first-order valence-corrected chi connectivity index (χ1v) is 10.5. The Labute approximate surface area is 190 Å². The predicted molar refractivity (Wildman–Crippen MR) is 118 cm³/mol. The average Bonchev–Trinajstić information content (AvgIpc) is 2.80. The molecular formula is C19H13N5O9S. The van der Waals surface area contributed by atoms with Crippen LogP contribution in [0.2, 0.25) is 0 Å².